The van der Waals surface area contributed by atoms with Crippen LogP contribution in [-0.4, -0.2) is 6.54 Å². The number of hydrogen-bond donors (Lipinski definition) is 0. The summed E-state index contributed by atoms with van der Waals surface area (Å²) < 4.78 is 0. The third kappa shape index (κ3) is 3.29. The Morgan fingerprint density at radius 3 is 2.67 bits per heavy atom. The molecule has 0 fully saturated rings. The predicted molar refractivity (Wildman–Crippen MR) is 22.9 cm³/mol. The van der Waals surface area contributed by atoms with Gasteiger partial charge in [-0.2, -0.15) is 5.26 Å². The zero-order valence-corrected chi connectivity index (χ0v) is 3.81. The molecule has 0 aliphatic rings. The van der Waals surface area contributed by atoms with Gasteiger partial charge in [-0.25, -0.2) is 5.32 Å². The van der Waals surface area contributed by atoms with E-state index < -0.39 is 0 Å². The summed E-state index contributed by atoms with van der Waals surface area (Å²) in [4.78, 5) is 0. The molecule has 0 heterocycles. The Kier molecular flexibility index (Phi) is 3.78. The van der Waals surface area contributed by atoms with Crippen molar-refractivity contribution in [2.24, 2.45) is 0 Å². The Balaban J connectivity index is 2.54. The monoisotopic (exact) mass is 83.1 g/mol. The molecular formula is C4H7N2. The molecule has 0 aromatic rings. The minimum atomic E-state index is 0.677. The quantitative estimate of drug-likeness (QED) is 0.353. The molecule has 0 rings (SSSR count). The van der Waals surface area contributed by atoms with Crippen molar-refractivity contribution in [2.75, 3.05) is 6.54 Å². The van der Waals surface area contributed by atoms with Crippen molar-refractivity contribution < 1.29 is 0 Å². The molecule has 0 aliphatic heterocycles. The van der Waals surface area contributed by atoms with Crippen LogP contribution in [0.2, 0.25) is 0 Å². The van der Waals surface area contributed by atoms with E-state index in [9.17, 15) is 0 Å². The van der Waals surface area contributed by atoms with Crippen LogP contribution in [0.5, 0.6) is 0 Å². The fraction of sp³-hybridized carbons (Fsp3) is 0.750. The van der Waals surface area contributed by atoms with Gasteiger partial charge in [0.05, 0.1) is 6.54 Å². The summed E-state index contributed by atoms with van der Waals surface area (Å²) in [6.07, 6.45) is 2.66. The fourth-order valence-corrected chi connectivity index (χ4v) is 0.162. The first-order chi connectivity index (χ1) is 2.91. The summed E-state index contributed by atoms with van der Waals surface area (Å²) in [5.74, 6) is 0. The standard InChI is InChI=1S/C4H7N2/c1-2-3-6-4-5/h2-3H2,1H3. The van der Waals surface area contributed by atoms with Crippen LogP contribution in [0.1, 0.15) is 13.3 Å². The van der Waals surface area contributed by atoms with Crippen molar-refractivity contribution in [1.82, 2.24) is 5.32 Å². The maximum atomic E-state index is 7.78. The molecule has 0 N–H and O–H groups in total. The largest absolute Gasteiger partial charge is 0.212 e. The fourth-order valence-electron chi connectivity index (χ4n) is 0.162. The van der Waals surface area contributed by atoms with Crippen molar-refractivity contribution in [1.29, 1.82) is 5.26 Å². The van der Waals surface area contributed by atoms with E-state index in [0.29, 0.717) is 6.54 Å². The highest BCUT2D eigenvalue weighted by Gasteiger charge is 1.73. The van der Waals surface area contributed by atoms with Gasteiger partial charge >= 0.3 is 0 Å². The van der Waals surface area contributed by atoms with Crippen LogP contribution >= 0.6 is 0 Å². The summed E-state index contributed by atoms with van der Waals surface area (Å²) >= 11 is 0. The van der Waals surface area contributed by atoms with Crippen LogP contribution in [0.25, 0.3) is 0 Å². The predicted octanol–water partition coefficient (Wildman–Crippen LogP) is 0.482. The van der Waals surface area contributed by atoms with Crippen LogP contribution in [0.3, 0.4) is 0 Å². The Morgan fingerprint density at radius 1 is 1.83 bits per heavy atom. The summed E-state index contributed by atoms with van der Waals surface area (Å²) in [7, 11) is 0. The lowest BCUT2D eigenvalue weighted by Crippen LogP contribution is -1.94. The van der Waals surface area contributed by atoms with Gasteiger partial charge in [0, 0.05) is 0 Å². The average molecular weight is 83.1 g/mol. The molecule has 0 aliphatic carbocycles. The van der Waals surface area contributed by atoms with Crippen LogP contribution in [-0.2, 0) is 0 Å². The molecule has 0 spiro atoms. The van der Waals surface area contributed by atoms with Gasteiger partial charge in [0.15, 0.2) is 0 Å². The zero-order chi connectivity index (χ0) is 4.83. The Labute approximate surface area is 37.8 Å². The van der Waals surface area contributed by atoms with E-state index in [2.05, 4.69) is 5.32 Å². The van der Waals surface area contributed by atoms with Gasteiger partial charge in [0.25, 0.3) is 0 Å². The molecule has 0 saturated heterocycles. The molecule has 2 heteroatoms. The molecule has 33 valence electrons. The summed E-state index contributed by atoms with van der Waals surface area (Å²) in [6.45, 7) is 2.66. The first-order valence-electron chi connectivity index (χ1n) is 1.97. The first kappa shape index (κ1) is 5.29. The molecule has 0 atom stereocenters. The first-order valence-corrected chi connectivity index (χ1v) is 1.97. The van der Waals surface area contributed by atoms with Gasteiger partial charge in [-0.05, 0) is 6.42 Å². The minimum absolute atomic E-state index is 0.677. The maximum Gasteiger partial charge on any atom is 0.200 e. The number of hydrogen-bond acceptors (Lipinski definition) is 1. The molecule has 0 unspecified atom stereocenters. The Morgan fingerprint density at radius 2 is 2.50 bits per heavy atom. The minimum Gasteiger partial charge on any atom is -0.212 e. The second-order valence-corrected chi connectivity index (χ2v) is 0.982. The molecule has 0 amide bonds. The average Bonchev–Trinajstić information content (AvgIpc) is 1.61. The van der Waals surface area contributed by atoms with E-state index >= 15 is 0 Å². The second-order valence-electron chi connectivity index (χ2n) is 0.982. The highest BCUT2D eigenvalue weighted by molar-refractivity contribution is 4.61. The van der Waals surface area contributed by atoms with Gasteiger partial charge in [-0.15, -0.1) is 0 Å². The highest BCUT2D eigenvalue weighted by Crippen LogP contribution is 1.66. The third-order valence-corrected chi connectivity index (χ3v) is 0.406. The van der Waals surface area contributed by atoms with Crippen molar-refractivity contribution in [2.45, 2.75) is 13.3 Å². The smallest absolute Gasteiger partial charge is 0.200 e. The molecule has 0 aromatic heterocycles. The van der Waals surface area contributed by atoms with E-state index in [1.165, 1.54) is 0 Å². The molecule has 2 nitrogen and oxygen atoms in total. The zero-order valence-electron chi connectivity index (χ0n) is 3.81. The van der Waals surface area contributed by atoms with Crippen LogP contribution in [0.4, 0.5) is 0 Å². The van der Waals surface area contributed by atoms with Crippen molar-refractivity contribution in [3.8, 4) is 6.19 Å². The molecule has 0 bridgehead atoms. The van der Waals surface area contributed by atoms with Crippen molar-refractivity contribution in [3.05, 3.63) is 0 Å². The summed E-state index contributed by atoms with van der Waals surface area (Å²) in [5.41, 5.74) is 0. The third-order valence-electron chi connectivity index (χ3n) is 0.406. The van der Waals surface area contributed by atoms with E-state index in [1.54, 1.807) is 6.19 Å². The van der Waals surface area contributed by atoms with E-state index in [0.717, 1.165) is 6.42 Å². The molecule has 1 radical (unpaired) electrons. The van der Waals surface area contributed by atoms with Crippen molar-refractivity contribution >= 4 is 0 Å². The summed E-state index contributed by atoms with van der Waals surface area (Å²) in [5, 5.41) is 11.2. The Bertz CT molecular complexity index is 53.1. The highest BCUT2D eigenvalue weighted by atomic mass is 14.8. The van der Waals surface area contributed by atoms with Gasteiger partial charge in [0.2, 0.25) is 6.19 Å². The number of nitrogens with zero attached hydrogens (tertiary/aromatic N) is 2. The lowest BCUT2D eigenvalue weighted by Gasteiger charge is -1.79. The SMILES string of the molecule is CCC[N]C#N. The van der Waals surface area contributed by atoms with Gasteiger partial charge in [-0.3, -0.25) is 0 Å². The van der Waals surface area contributed by atoms with E-state index in [4.69, 9.17) is 5.26 Å². The lowest BCUT2D eigenvalue weighted by molar-refractivity contribution is 0.808. The molecule has 0 aromatic carbocycles. The van der Waals surface area contributed by atoms with E-state index in [-0.39, 0.29) is 0 Å². The maximum absolute atomic E-state index is 7.78. The summed E-state index contributed by atoms with van der Waals surface area (Å²) in [6, 6.07) is 0. The van der Waals surface area contributed by atoms with Crippen LogP contribution < -0.4 is 5.32 Å². The normalized spacial score (nSPS) is 6.67. The number of nitriles is 1. The van der Waals surface area contributed by atoms with Crippen LogP contribution in [0, 0.1) is 11.5 Å². The molecule has 0 saturated carbocycles. The van der Waals surface area contributed by atoms with Gasteiger partial charge in [0.1, 0.15) is 0 Å². The lowest BCUT2D eigenvalue weighted by atomic mass is 10.5. The van der Waals surface area contributed by atoms with Gasteiger partial charge < -0.3 is 0 Å². The van der Waals surface area contributed by atoms with Crippen molar-refractivity contribution in [3.63, 3.8) is 0 Å². The molecular weight excluding hydrogens is 76.1 g/mol. The Hall–Kier alpha value is -0.710. The number of rotatable bonds is 2. The topological polar surface area (TPSA) is 37.9 Å². The van der Waals surface area contributed by atoms with Crippen LogP contribution in [0.15, 0.2) is 0 Å². The second kappa shape index (κ2) is 4.29. The van der Waals surface area contributed by atoms with Gasteiger partial charge in [-0.1, -0.05) is 6.92 Å². The van der Waals surface area contributed by atoms with E-state index in [1.807, 2.05) is 6.92 Å². The molecule has 6 heavy (non-hydrogen) atoms.